The van der Waals surface area contributed by atoms with Crippen LogP contribution in [0.15, 0.2) is 24.3 Å². The molecular formula is C7H7KO5S2. The van der Waals surface area contributed by atoms with Crippen LogP contribution >= 0.6 is 12.0 Å². The Kier molecular flexibility index (Phi) is 7.67. The van der Waals surface area contributed by atoms with Crippen molar-refractivity contribution >= 4 is 22.4 Å². The van der Waals surface area contributed by atoms with E-state index in [0.717, 1.165) is 5.56 Å². The smallest absolute Gasteiger partial charge is 0.725 e. The minimum atomic E-state index is -4.64. The van der Waals surface area contributed by atoms with E-state index in [9.17, 15) is 13.0 Å². The van der Waals surface area contributed by atoms with Gasteiger partial charge in [-0.05, 0) is 17.7 Å². The van der Waals surface area contributed by atoms with Crippen LogP contribution in [-0.2, 0) is 19.8 Å². The van der Waals surface area contributed by atoms with E-state index in [-0.39, 0.29) is 62.9 Å². The second-order valence-corrected chi connectivity index (χ2v) is 4.29. The summed E-state index contributed by atoms with van der Waals surface area (Å²) in [6.07, 6.45) is 0. The Morgan fingerprint density at radius 2 is 1.87 bits per heavy atom. The van der Waals surface area contributed by atoms with Gasteiger partial charge in [0.05, 0.1) is 0 Å². The van der Waals surface area contributed by atoms with Crippen LogP contribution in [0.1, 0.15) is 5.56 Å². The fraction of sp³-hybridized carbons (Fsp3) is 0.143. The van der Waals surface area contributed by atoms with Crippen molar-refractivity contribution in [2.45, 2.75) is 5.75 Å². The summed E-state index contributed by atoms with van der Waals surface area (Å²) >= 11 is 0.537. The number of rotatable bonds is 4. The molecule has 0 heterocycles. The molecule has 0 unspecified atom stereocenters. The van der Waals surface area contributed by atoms with Gasteiger partial charge in [-0.3, -0.25) is 0 Å². The Labute approximate surface area is 135 Å². The van der Waals surface area contributed by atoms with Crippen molar-refractivity contribution < 1.29 is 73.1 Å². The Balaban J connectivity index is 0.00000196. The topological polar surface area (TPSA) is 86.7 Å². The standard InChI is InChI=1S/C7H8O5S2.K/c8-7-3-1-6(2-4-7)5-13-12-14(9,10)11;/h1-4,8H,5H2,(H,9,10,11);/q;+1/p-1. The molecule has 0 spiro atoms. The Bertz CT molecular complexity index is 388. The van der Waals surface area contributed by atoms with Gasteiger partial charge in [-0.15, -0.1) is 0 Å². The summed E-state index contributed by atoms with van der Waals surface area (Å²) in [5.41, 5.74) is 0.747. The van der Waals surface area contributed by atoms with Crippen molar-refractivity contribution in [3.8, 4) is 5.75 Å². The molecule has 0 saturated carbocycles. The number of benzene rings is 1. The normalized spacial score (nSPS) is 10.7. The second-order valence-electron chi connectivity index (χ2n) is 2.40. The minimum absolute atomic E-state index is 0. The molecule has 78 valence electrons. The van der Waals surface area contributed by atoms with Gasteiger partial charge in [0, 0.05) is 17.8 Å². The van der Waals surface area contributed by atoms with Crippen molar-refractivity contribution in [3.05, 3.63) is 29.8 Å². The van der Waals surface area contributed by atoms with E-state index in [0.29, 0.717) is 12.0 Å². The average molecular weight is 274 g/mol. The van der Waals surface area contributed by atoms with Gasteiger partial charge in [0.2, 0.25) is 10.4 Å². The fourth-order valence-corrected chi connectivity index (χ4v) is 1.74. The van der Waals surface area contributed by atoms with E-state index in [1.54, 1.807) is 12.1 Å². The van der Waals surface area contributed by atoms with Crippen molar-refractivity contribution in [2.75, 3.05) is 0 Å². The molecule has 0 radical (unpaired) electrons. The number of phenols is 1. The molecule has 0 bridgehead atoms. The molecule has 0 aliphatic heterocycles. The zero-order valence-electron chi connectivity index (χ0n) is 7.91. The van der Waals surface area contributed by atoms with Gasteiger partial charge < -0.3 is 9.66 Å². The van der Waals surface area contributed by atoms with Crippen LogP contribution in [0.2, 0.25) is 0 Å². The van der Waals surface area contributed by atoms with Crippen LogP contribution in [0.3, 0.4) is 0 Å². The van der Waals surface area contributed by atoms with Crippen LogP contribution in [-0.4, -0.2) is 18.1 Å². The first-order chi connectivity index (χ1) is 6.47. The summed E-state index contributed by atoms with van der Waals surface area (Å²) in [6, 6.07) is 6.12. The number of hydrogen-bond acceptors (Lipinski definition) is 6. The summed E-state index contributed by atoms with van der Waals surface area (Å²) in [5, 5.41) is 8.93. The predicted octanol–water partition coefficient (Wildman–Crippen LogP) is -1.98. The molecule has 15 heavy (non-hydrogen) atoms. The van der Waals surface area contributed by atoms with Gasteiger partial charge in [-0.25, -0.2) is 12.0 Å². The zero-order chi connectivity index (χ0) is 10.6. The Morgan fingerprint density at radius 1 is 1.33 bits per heavy atom. The van der Waals surface area contributed by atoms with E-state index >= 15 is 0 Å². The zero-order valence-corrected chi connectivity index (χ0v) is 12.7. The molecular weight excluding hydrogens is 267 g/mol. The number of hydrogen-bond donors (Lipinski definition) is 1. The third-order valence-corrected chi connectivity index (χ3v) is 2.80. The molecule has 0 amide bonds. The number of aromatic hydroxyl groups is 1. The molecule has 0 atom stereocenters. The van der Waals surface area contributed by atoms with Gasteiger partial charge in [-0.1, -0.05) is 12.1 Å². The van der Waals surface area contributed by atoms with Crippen LogP contribution in [0.25, 0.3) is 0 Å². The van der Waals surface area contributed by atoms with Gasteiger partial charge >= 0.3 is 51.4 Å². The monoisotopic (exact) mass is 274 g/mol. The third kappa shape index (κ3) is 7.72. The summed E-state index contributed by atoms with van der Waals surface area (Å²) in [7, 11) is -4.64. The third-order valence-electron chi connectivity index (χ3n) is 1.29. The van der Waals surface area contributed by atoms with Crippen molar-refractivity contribution in [1.29, 1.82) is 0 Å². The molecule has 0 aliphatic rings. The molecule has 0 aliphatic carbocycles. The van der Waals surface area contributed by atoms with Gasteiger partial charge in [0.15, 0.2) is 0 Å². The van der Waals surface area contributed by atoms with Crippen LogP contribution < -0.4 is 51.4 Å². The maximum Gasteiger partial charge on any atom is 1.00 e. The van der Waals surface area contributed by atoms with Crippen molar-refractivity contribution in [2.24, 2.45) is 0 Å². The summed E-state index contributed by atoms with van der Waals surface area (Å²) < 4.78 is 34.0. The first kappa shape index (κ1) is 15.9. The van der Waals surface area contributed by atoms with E-state index in [1.165, 1.54) is 12.1 Å². The summed E-state index contributed by atoms with van der Waals surface area (Å²) in [4.78, 5) is 0. The maximum atomic E-state index is 10.0. The molecule has 8 heteroatoms. The van der Waals surface area contributed by atoms with Crippen LogP contribution in [0.4, 0.5) is 0 Å². The summed E-state index contributed by atoms with van der Waals surface area (Å²) in [5.74, 6) is 0.345. The molecule has 5 nitrogen and oxygen atoms in total. The molecule has 1 aromatic rings. The second kappa shape index (κ2) is 7.25. The minimum Gasteiger partial charge on any atom is -0.725 e. The van der Waals surface area contributed by atoms with Crippen LogP contribution in [0.5, 0.6) is 5.75 Å². The molecule has 1 rings (SSSR count). The van der Waals surface area contributed by atoms with E-state index < -0.39 is 10.4 Å². The molecule has 1 aromatic carbocycles. The average Bonchev–Trinajstić information content (AvgIpc) is 2.06. The summed E-state index contributed by atoms with van der Waals surface area (Å²) in [6.45, 7) is 0. The SMILES string of the molecule is O=S(=O)([O-])OSCc1ccc(O)cc1.[K+]. The van der Waals surface area contributed by atoms with Crippen molar-refractivity contribution in [3.63, 3.8) is 0 Å². The first-order valence-corrected chi connectivity index (χ1v) is 5.76. The molecule has 0 fully saturated rings. The van der Waals surface area contributed by atoms with Gasteiger partial charge in [0.25, 0.3) is 0 Å². The van der Waals surface area contributed by atoms with Gasteiger partial charge in [-0.2, -0.15) is 0 Å². The molecule has 0 saturated heterocycles. The van der Waals surface area contributed by atoms with Gasteiger partial charge in [0.1, 0.15) is 5.75 Å². The largest absolute Gasteiger partial charge is 1.00 e. The Morgan fingerprint density at radius 3 is 2.33 bits per heavy atom. The predicted molar refractivity (Wildman–Crippen MR) is 50.2 cm³/mol. The van der Waals surface area contributed by atoms with Crippen molar-refractivity contribution in [1.82, 2.24) is 0 Å². The number of phenolic OH excluding ortho intramolecular Hbond substituents is 1. The molecule has 0 aromatic heterocycles. The van der Waals surface area contributed by atoms with Crippen LogP contribution in [0, 0.1) is 0 Å². The molecule has 1 N–H and O–H groups in total. The Hall–Kier alpha value is 0.876. The quantitative estimate of drug-likeness (QED) is 0.296. The van der Waals surface area contributed by atoms with E-state index in [1.807, 2.05) is 0 Å². The van der Waals surface area contributed by atoms with E-state index in [2.05, 4.69) is 3.63 Å². The maximum absolute atomic E-state index is 10.0. The van der Waals surface area contributed by atoms with E-state index in [4.69, 9.17) is 5.11 Å². The first-order valence-electron chi connectivity index (χ1n) is 3.52. The fourth-order valence-electron chi connectivity index (χ4n) is 0.743.